The van der Waals surface area contributed by atoms with E-state index >= 15 is 0 Å². The summed E-state index contributed by atoms with van der Waals surface area (Å²) >= 11 is 3.83. The van der Waals surface area contributed by atoms with Gasteiger partial charge < -0.3 is 4.98 Å². The summed E-state index contributed by atoms with van der Waals surface area (Å²) in [6.45, 7) is 0. The minimum atomic E-state index is 1.16. The number of H-pyrrole nitrogens is 1. The van der Waals surface area contributed by atoms with Crippen molar-refractivity contribution in [3.63, 3.8) is 0 Å². The quantitative estimate of drug-likeness (QED) is 0.183. The van der Waals surface area contributed by atoms with Crippen LogP contribution in [0.15, 0.2) is 194 Å². The number of hydrogen-bond acceptors (Lipinski definition) is 2. The van der Waals surface area contributed by atoms with Crippen molar-refractivity contribution in [2.75, 3.05) is 0 Å². The van der Waals surface area contributed by atoms with Crippen molar-refractivity contribution in [2.24, 2.45) is 0 Å². The van der Waals surface area contributed by atoms with E-state index in [0.29, 0.717) is 0 Å². The van der Waals surface area contributed by atoms with Gasteiger partial charge in [0.1, 0.15) is 0 Å². The molecule has 3 heterocycles. The Hall–Kier alpha value is -7.04. The Morgan fingerprint density at radius 1 is 0.254 bits per heavy atom. The summed E-state index contributed by atoms with van der Waals surface area (Å²) in [5, 5.41) is 12.8. The fourth-order valence-corrected chi connectivity index (χ4v) is 12.2. The number of hydrogen-bond donors (Lipinski definition) is 1. The first kappa shape index (κ1) is 33.0. The maximum absolute atomic E-state index is 3.73. The van der Waals surface area contributed by atoms with E-state index in [-0.39, 0.29) is 0 Å². The van der Waals surface area contributed by atoms with Crippen LogP contribution in [0.2, 0.25) is 0 Å². The lowest BCUT2D eigenvalue weighted by Gasteiger charge is -2.06. The minimum absolute atomic E-state index is 1.16. The van der Waals surface area contributed by atoms with Crippen molar-refractivity contribution in [3.05, 3.63) is 194 Å². The summed E-state index contributed by atoms with van der Waals surface area (Å²) in [6.07, 6.45) is 0. The Balaban J connectivity index is 0.939. The normalized spacial score (nSPS) is 12.1. The number of fused-ring (bicyclic) bond motifs is 11. The lowest BCUT2D eigenvalue weighted by atomic mass is 9.97. The maximum Gasteiger partial charge on any atom is 0.0465 e. The summed E-state index contributed by atoms with van der Waals surface area (Å²) < 4.78 is 5.33. The molecular formula is C56H33NS2. The summed E-state index contributed by atoms with van der Waals surface area (Å²) in [4.78, 5) is 3.73. The molecule has 1 N–H and O–H groups in total. The van der Waals surface area contributed by atoms with Crippen LogP contribution >= 0.6 is 22.7 Å². The Bertz CT molecular complexity index is 3610. The van der Waals surface area contributed by atoms with Gasteiger partial charge in [0.2, 0.25) is 0 Å². The van der Waals surface area contributed by atoms with Gasteiger partial charge in [0.15, 0.2) is 0 Å². The van der Waals surface area contributed by atoms with Crippen molar-refractivity contribution >= 4 is 106 Å². The second-order valence-electron chi connectivity index (χ2n) is 15.7. The van der Waals surface area contributed by atoms with Gasteiger partial charge in [0, 0.05) is 62.2 Å². The first-order valence-electron chi connectivity index (χ1n) is 20.1. The third-order valence-corrected chi connectivity index (χ3v) is 15.0. The van der Waals surface area contributed by atoms with Crippen LogP contribution in [0.1, 0.15) is 0 Å². The summed E-state index contributed by atoms with van der Waals surface area (Å²) in [5.74, 6) is 0. The predicted octanol–water partition coefficient (Wildman–Crippen LogP) is 17.0. The molecule has 13 aromatic rings. The first-order chi connectivity index (χ1) is 29.2. The van der Waals surface area contributed by atoms with Gasteiger partial charge in [-0.05, 0) is 102 Å². The van der Waals surface area contributed by atoms with Crippen molar-refractivity contribution in [3.8, 4) is 44.5 Å². The fourth-order valence-electron chi connectivity index (χ4n) is 9.50. The highest BCUT2D eigenvalue weighted by molar-refractivity contribution is 7.27. The third-order valence-electron chi connectivity index (χ3n) is 12.4. The Kier molecular flexibility index (Phi) is 7.12. The summed E-state index contributed by atoms with van der Waals surface area (Å²) in [5.41, 5.74) is 12.4. The largest absolute Gasteiger partial charge is 0.355 e. The molecule has 10 aromatic carbocycles. The van der Waals surface area contributed by atoms with Gasteiger partial charge >= 0.3 is 0 Å². The average molecular weight is 784 g/mol. The molecule has 0 unspecified atom stereocenters. The third kappa shape index (κ3) is 5.09. The van der Waals surface area contributed by atoms with E-state index in [4.69, 9.17) is 0 Å². The van der Waals surface area contributed by atoms with Gasteiger partial charge in [-0.2, -0.15) is 0 Å². The zero-order valence-electron chi connectivity index (χ0n) is 31.8. The van der Waals surface area contributed by atoms with Crippen LogP contribution < -0.4 is 0 Å². The van der Waals surface area contributed by atoms with Crippen molar-refractivity contribution < 1.29 is 0 Å². The van der Waals surface area contributed by atoms with Crippen LogP contribution in [0.25, 0.3) is 128 Å². The first-order valence-corrected chi connectivity index (χ1v) is 21.8. The molecule has 0 radical (unpaired) electrons. The van der Waals surface area contributed by atoms with E-state index in [0.717, 1.165) is 11.0 Å². The number of aromatic nitrogens is 1. The van der Waals surface area contributed by atoms with Gasteiger partial charge in [-0.3, -0.25) is 0 Å². The van der Waals surface area contributed by atoms with Crippen molar-refractivity contribution in [1.29, 1.82) is 0 Å². The van der Waals surface area contributed by atoms with Gasteiger partial charge in [0.25, 0.3) is 0 Å². The van der Waals surface area contributed by atoms with E-state index in [1.165, 1.54) is 117 Å². The summed E-state index contributed by atoms with van der Waals surface area (Å²) in [6, 6.07) is 72.0. The van der Waals surface area contributed by atoms with Crippen LogP contribution in [0.5, 0.6) is 0 Å². The van der Waals surface area contributed by atoms with Crippen molar-refractivity contribution in [2.45, 2.75) is 0 Å². The molecule has 0 atom stereocenters. The summed E-state index contributed by atoms with van der Waals surface area (Å²) in [7, 11) is 0. The standard InChI is InChI=1S/C56H33NS2/c1-3-11-35-29-37(23-21-33(35)9-1)41-13-5-17-45-47-19-7-15-43(55(47)58-53(41)45)39-25-27-51-49(31-39)50-32-40(26-28-52(50)57-51)44-16-8-20-48-46-18-6-14-42(54(46)59-56(44)48)38-24-22-34-10-2-4-12-36(34)30-38/h1-32,57H. The molecule has 0 aliphatic rings. The smallest absolute Gasteiger partial charge is 0.0465 e. The monoisotopic (exact) mass is 783 g/mol. The van der Waals surface area contributed by atoms with E-state index in [1.54, 1.807) is 0 Å². The van der Waals surface area contributed by atoms with Crippen LogP contribution in [-0.2, 0) is 0 Å². The average Bonchev–Trinajstić information content (AvgIpc) is 3.99. The Morgan fingerprint density at radius 2 is 0.593 bits per heavy atom. The molecular weight excluding hydrogens is 751 g/mol. The lowest BCUT2D eigenvalue weighted by molar-refractivity contribution is 1.54. The zero-order chi connectivity index (χ0) is 38.6. The highest BCUT2D eigenvalue weighted by Crippen LogP contribution is 2.47. The van der Waals surface area contributed by atoms with E-state index in [2.05, 4.69) is 199 Å². The number of thiophene rings is 2. The highest BCUT2D eigenvalue weighted by Gasteiger charge is 2.18. The molecule has 0 saturated carbocycles. The lowest BCUT2D eigenvalue weighted by Crippen LogP contribution is -1.80. The minimum Gasteiger partial charge on any atom is -0.355 e. The van der Waals surface area contributed by atoms with E-state index < -0.39 is 0 Å². The molecule has 0 fully saturated rings. The fraction of sp³-hybridized carbons (Fsp3) is 0. The molecule has 0 aliphatic heterocycles. The van der Waals surface area contributed by atoms with Crippen LogP contribution in [-0.4, -0.2) is 4.98 Å². The molecule has 59 heavy (non-hydrogen) atoms. The van der Waals surface area contributed by atoms with E-state index in [9.17, 15) is 0 Å². The van der Waals surface area contributed by atoms with Gasteiger partial charge in [-0.1, -0.05) is 158 Å². The molecule has 3 heteroatoms. The molecule has 13 rings (SSSR count). The molecule has 0 bridgehead atoms. The van der Waals surface area contributed by atoms with Crippen molar-refractivity contribution in [1.82, 2.24) is 4.98 Å². The number of nitrogens with one attached hydrogen (secondary N) is 1. The number of benzene rings is 10. The highest BCUT2D eigenvalue weighted by atomic mass is 32.1. The molecule has 0 amide bonds. The second-order valence-corrected chi connectivity index (χ2v) is 17.7. The molecule has 1 nitrogen and oxygen atoms in total. The van der Waals surface area contributed by atoms with Crippen LogP contribution in [0.3, 0.4) is 0 Å². The number of rotatable bonds is 4. The van der Waals surface area contributed by atoms with Gasteiger partial charge in [0.05, 0.1) is 0 Å². The Morgan fingerprint density at radius 3 is 0.983 bits per heavy atom. The SMILES string of the molecule is c1ccc2cc(-c3cccc4c3sc3c(-c5ccc6[nH]c7ccc(-c8cccc9c8sc8c(-c%10ccc%11ccccc%11c%10)cccc89)cc7c6c5)cccc34)ccc2c1. The van der Waals surface area contributed by atoms with Crippen LogP contribution in [0.4, 0.5) is 0 Å². The van der Waals surface area contributed by atoms with Gasteiger partial charge in [-0.25, -0.2) is 0 Å². The topological polar surface area (TPSA) is 15.8 Å². The Labute approximate surface area is 348 Å². The molecule has 0 saturated heterocycles. The molecule has 0 spiro atoms. The number of aromatic amines is 1. The molecule has 274 valence electrons. The zero-order valence-corrected chi connectivity index (χ0v) is 33.4. The predicted molar refractivity (Wildman–Crippen MR) is 258 cm³/mol. The second kappa shape index (κ2) is 12.7. The maximum atomic E-state index is 3.73. The molecule has 3 aromatic heterocycles. The van der Waals surface area contributed by atoms with Crippen LogP contribution in [0, 0.1) is 0 Å². The van der Waals surface area contributed by atoms with E-state index in [1.807, 2.05) is 22.7 Å². The van der Waals surface area contributed by atoms with Gasteiger partial charge in [-0.15, -0.1) is 22.7 Å². The molecule has 0 aliphatic carbocycles.